The molecular formula is C15H14IN3O2. The summed E-state index contributed by atoms with van der Waals surface area (Å²) in [5.74, 6) is -0.729. The molecule has 0 aromatic heterocycles. The van der Waals surface area contributed by atoms with Crippen LogP contribution in [0, 0.1) is 3.57 Å². The molecule has 0 aliphatic carbocycles. The number of hydrogen-bond acceptors (Lipinski definition) is 3. The van der Waals surface area contributed by atoms with Gasteiger partial charge in [-0.2, -0.15) is 0 Å². The SMILES string of the molecule is NC(=O)c1ccccc1NCC(=O)Nc1cccc(I)c1. The Morgan fingerprint density at radius 1 is 1.10 bits per heavy atom. The maximum absolute atomic E-state index is 11.9. The molecule has 0 atom stereocenters. The van der Waals surface area contributed by atoms with E-state index in [0.29, 0.717) is 11.3 Å². The Morgan fingerprint density at radius 2 is 1.86 bits per heavy atom. The number of halogens is 1. The lowest BCUT2D eigenvalue weighted by atomic mass is 10.1. The van der Waals surface area contributed by atoms with Gasteiger partial charge in [-0.05, 0) is 52.9 Å². The van der Waals surface area contributed by atoms with E-state index in [1.165, 1.54) is 0 Å². The van der Waals surface area contributed by atoms with Crippen LogP contribution in [0.4, 0.5) is 11.4 Å². The summed E-state index contributed by atoms with van der Waals surface area (Å²) in [5.41, 5.74) is 6.92. The zero-order valence-corrected chi connectivity index (χ0v) is 13.3. The van der Waals surface area contributed by atoms with E-state index < -0.39 is 5.91 Å². The number of primary amides is 1. The van der Waals surface area contributed by atoms with Crippen LogP contribution in [0.3, 0.4) is 0 Å². The van der Waals surface area contributed by atoms with E-state index in [4.69, 9.17) is 5.73 Å². The third-order valence-corrected chi connectivity index (χ3v) is 3.41. The van der Waals surface area contributed by atoms with Gasteiger partial charge in [0.25, 0.3) is 5.91 Å². The first-order valence-electron chi connectivity index (χ1n) is 6.24. The molecule has 5 nitrogen and oxygen atoms in total. The fraction of sp³-hybridized carbons (Fsp3) is 0.0667. The molecule has 0 fully saturated rings. The van der Waals surface area contributed by atoms with Gasteiger partial charge in [0.1, 0.15) is 0 Å². The molecule has 2 aromatic carbocycles. The van der Waals surface area contributed by atoms with Crippen molar-refractivity contribution in [3.05, 3.63) is 57.7 Å². The van der Waals surface area contributed by atoms with Crippen LogP contribution in [0.1, 0.15) is 10.4 Å². The lowest BCUT2D eigenvalue weighted by molar-refractivity contribution is -0.114. The Balaban J connectivity index is 1.97. The number of carbonyl (C=O) groups is 2. The number of nitrogens with one attached hydrogen (secondary N) is 2. The van der Waals surface area contributed by atoms with Crippen LogP contribution < -0.4 is 16.4 Å². The highest BCUT2D eigenvalue weighted by Gasteiger charge is 2.08. The van der Waals surface area contributed by atoms with Crippen LogP contribution in [0.25, 0.3) is 0 Å². The molecular weight excluding hydrogens is 381 g/mol. The van der Waals surface area contributed by atoms with Gasteiger partial charge < -0.3 is 16.4 Å². The molecule has 2 amide bonds. The summed E-state index contributed by atoms with van der Waals surface area (Å²) in [5, 5.41) is 5.69. The van der Waals surface area contributed by atoms with Crippen molar-refractivity contribution < 1.29 is 9.59 Å². The first-order chi connectivity index (χ1) is 10.1. The fourth-order valence-electron chi connectivity index (χ4n) is 1.80. The van der Waals surface area contributed by atoms with Crippen molar-refractivity contribution in [2.75, 3.05) is 17.2 Å². The van der Waals surface area contributed by atoms with E-state index in [2.05, 4.69) is 33.2 Å². The van der Waals surface area contributed by atoms with E-state index >= 15 is 0 Å². The standard InChI is InChI=1S/C15H14IN3O2/c16-10-4-3-5-11(8-10)19-14(20)9-18-13-7-2-1-6-12(13)15(17)21/h1-8,18H,9H2,(H2,17,21)(H,19,20). The first-order valence-corrected chi connectivity index (χ1v) is 7.32. The van der Waals surface area contributed by atoms with E-state index in [1.54, 1.807) is 24.3 Å². The third-order valence-electron chi connectivity index (χ3n) is 2.74. The zero-order chi connectivity index (χ0) is 15.2. The zero-order valence-electron chi connectivity index (χ0n) is 11.1. The number of nitrogens with two attached hydrogens (primary N) is 1. The molecule has 4 N–H and O–H groups in total. The highest BCUT2D eigenvalue weighted by atomic mass is 127. The number of anilines is 2. The Kier molecular flexibility index (Phi) is 5.15. The first kappa shape index (κ1) is 15.3. The van der Waals surface area contributed by atoms with E-state index in [9.17, 15) is 9.59 Å². The molecule has 0 bridgehead atoms. The predicted molar refractivity (Wildman–Crippen MR) is 91.2 cm³/mol. The summed E-state index contributed by atoms with van der Waals surface area (Å²) in [4.78, 5) is 23.2. The lowest BCUT2D eigenvalue weighted by Crippen LogP contribution is -2.23. The second-order valence-electron chi connectivity index (χ2n) is 4.32. The predicted octanol–water partition coefficient (Wildman–Crippen LogP) is 2.44. The molecule has 2 rings (SSSR count). The summed E-state index contributed by atoms with van der Waals surface area (Å²) in [7, 11) is 0. The number of para-hydroxylation sites is 1. The summed E-state index contributed by atoms with van der Waals surface area (Å²) >= 11 is 2.18. The molecule has 2 aromatic rings. The highest BCUT2D eigenvalue weighted by molar-refractivity contribution is 14.1. The number of rotatable bonds is 5. The Hall–Kier alpha value is -2.09. The van der Waals surface area contributed by atoms with Crippen LogP contribution in [0.15, 0.2) is 48.5 Å². The van der Waals surface area contributed by atoms with Crippen LogP contribution >= 0.6 is 22.6 Å². The Morgan fingerprint density at radius 3 is 2.57 bits per heavy atom. The molecule has 6 heteroatoms. The van der Waals surface area contributed by atoms with Crippen molar-refractivity contribution in [2.45, 2.75) is 0 Å². The smallest absolute Gasteiger partial charge is 0.250 e. The van der Waals surface area contributed by atoms with Gasteiger partial charge in [0.05, 0.1) is 12.1 Å². The van der Waals surface area contributed by atoms with Gasteiger partial charge in [-0.25, -0.2) is 0 Å². The minimum atomic E-state index is -0.531. The summed E-state index contributed by atoms with van der Waals surface area (Å²) in [6.07, 6.45) is 0. The van der Waals surface area contributed by atoms with Gasteiger partial charge in [0.15, 0.2) is 0 Å². The molecule has 0 radical (unpaired) electrons. The van der Waals surface area contributed by atoms with Gasteiger partial charge in [-0.3, -0.25) is 9.59 Å². The molecule has 0 spiro atoms. The number of carbonyl (C=O) groups excluding carboxylic acids is 2. The van der Waals surface area contributed by atoms with Crippen LogP contribution in [0.2, 0.25) is 0 Å². The molecule has 0 saturated heterocycles. The van der Waals surface area contributed by atoms with Crippen molar-refractivity contribution in [1.29, 1.82) is 0 Å². The monoisotopic (exact) mass is 395 g/mol. The van der Waals surface area contributed by atoms with Gasteiger partial charge in [-0.15, -0.1) is 0 Å². The third kappa shape index (κ3) is 4.45. The number of benzene rings is 2. The molecule has 21 heavy (non-hydrogen) atoms. The van der Waals surface area contributed by atoms with Crippen molar-refractivity contribution >= 4 is 45.8 Å². The largest absolute Gasteiger partial charge is 0.376 e. The molecule has 0 aliphatic heterocycles. The molecule has 0 heterocycles. The quantitative estimate of drug-likeness (QED) is 0.680. The molecule has 0 unspecified atom stereocenters. The summed E-state index contributed by atoms with van der Waals surface area (Å²) in [6.45, 7) is 0.0514. The Labute approximate surface area is 136 Å². The van der Waals surface area contributed by atoms with Crippen LogP contribution in [0.5, 0.6) is 0 Å². The maximum Gasteiger partial charge on any atom is 0.250 e. The van der Waals surface area contributed by atoms with Crippen molar-refractivity contribution in [2.24, 2.45) is 5.73 Å². The van der Waals surface area contributed by atoms with Crippen molar-refractivity contribution in [1.82, 2.24) is 0 Å². The topological polar surface area (TPSA) is 84.2 Å². The summed E-state index contributed by atoms with van der Waals surface area (Å²) in [6, 6.07) is 14.3. The van der Waals surface area contributed by atoms with Crippen LogP contribution in [-0.4, -0.2) is 18.4 Å². The lowest BCUT2D eigenvalue weighted by Gasteiger charge is -2.10. The average molecular weight is 395 g/mol. The minimum absolute atomic E-state index is 0.0514. The molecule has 108 valence electrons. The van der Waals surface area contributed by atoms with Gasteiger partial charge in [0.2, 0.25) is 5.91 Å². The second-order valence-corrected chi connectivity index (χ2v) is 5.57. The maximum atomic E-state index is 11.9. The highest BCUT2D eigenvalue weighted by Crippen LogP contribution is 2.15. The number of hydrogen-bond donors (Lipinski definition) is 3. The molecule has 0 aliphatic rings. The van der Waals surface area contributed by atoms with Gasteiger partial charge >= 0.3 is 0 Å². The summed E-state index contributed by atoms with van der Waals surface area (Å²) < 4.78 is 1.04. The normalized spacial score (nSPS) is 9.95. The molecule has 0 saturated carbocycles. The van der Waals surface area contributed by atoms with Crippen LogP contribution in [-0.2, 0) is 4.79 Å². The van der Waals surface area contributed by atoms with E-state index in [1.807, 2.05) is 24.3 Å². The minimum Gasteiger partial charge on any atom is -0.376 e. The van der Waals surface area contributed by atoms with Gasteiger partial charge in [0, 0.05) is 14.9 Å². The second kappa shape index (κ2) is 7.07. The van der Waals surface area contributed by atoms with Crippen molar-refractivity contribution in [3.8, 4) is 0 Å². The van der Waals surface area contributed by atoms with Gasteiger partial charge in [-0.1, -0.05) is 18.2 Å². The fourth-order valence-corrected chi connectivity index (χ4v) is 2.34. The van der Waals surface area contributed by atoms with E-state index in [0.717, 1.165) is 9.26 Å². The van der Waals surface area contributed by atoms with Crippen molar-refractivity contribution in [3.63, 3.8) is 0 Å². The number of amides is 2. The Bertz CT molecular complexity index is 673. The van der Waals surface area contributed by atoms with E-state index in [-0.39, 0.29) is 12.5 Å². The average Bonchev–Trinajstić information content (AvgIpc) is 2.45.